The van der Waals surface area contributed by atoms with Crippen molar-refractivity contribution in [1.82, 2.24) is 15.8 Å². The van der Waals surface area contributed by atoms with Crippen LogP contribution in [0, 0.1) is 0 Å². The second-order valence-electron chi connectivity index (χ2n) is 6.73. The molecule has 7 nitrogen and oxygen atoms in total. The molecule has 0 radical (unpaired) electrons. The lowest BCUT2D eigenvalue weighted by Crippen LogP contribution is -2.38. The Morgan fingerprint density at radius 1 is 1.29 bits per heavy atom. The number of rotatable bonds is 10. The molecule has 0 amide bonds. The average molecular weight is 386 g/mol. The van der Waals surface area contributed by atoms with Crippen molar-refractivity contribution in [2.24, 2.45) is 4.99 Å². The molecule has 28 heavy (non-hydrogen) atoms. The number of hydrogen-bond donors (Lipinski definition) is 2. The highest BCUT2D eigenvalue weighted by atomic mass is 16.5. The summed E-state index contributed by atoms with van der Waals surface area (Å²) in [5.74, 6) is 1.53. The fraction of sp³-hybridized carbons (Fsp3) is 0.524. The quantitative estimate of drug-likeness (QED) is 0.371. The molecular weight excluding hydrogens is 356 g/mol. The van der Waals surface area contributed by atoms with Crippen LogP contribution < -0.4 is 10.6 Å². The van der Waals surface area contributed by atoms with Crippen LogP contribution in [0.4, 0.5) is 0 Å². The van der Waals surface area contributed by atoms with Crippen LogP contribution in [-0.2, 0) is 16.0 Å². The molecule has 2 aromatic rings. The van der Waals surface area contributed by atoms with E-state index in [0.29, 0.717) is 13.2 Å². The number of ether oxygens (including phenoxy) is 2. The monoisotopic (exact) mass is 386 g/mol. The van der Waals surface area contributed by atoms with E-state index in [9.17, 15) is 0 Å². The standard InChI is InChI=1S/C21H30N4O3/c1-2-22-21(23-11-7-12-26-16-19-10-6-13-27-19)24-15-18-14-20(28-25-18)17-8-4-3-5-9-17/h3-5,8-9,14,19H,2,6-7,10-13,15-16H2,1H3,(H2,22,23,24). The van der Waals surface area contributed by atoms with E-state index in [0.717, 1.165) is 68.5 Å². The lowest BCUT2D eigenvalue weighted by Gasteiger charge is -2.12. The normalized spacial score (nSPS) is 17.0. The van der Waals surface area contributed by atoms with Gasteiger partial charge in [0, 0.05) is 37.9 Å². The predicted octanol–water partition coefficient (Wildman–Crippen LogP) is 2.98. The minimum absolute atomic E-state index is 0.287. The highest BCUT2D eigenvalue weighted by Gasteiger charge is 2.14. The zero-order chi connectivity index (χ0) is 19.4. The van der Waals surface area contributed by atoms with Crippen molar-refractivity contribution < 1.29 is 14.0 Å². The molecule has 2 heterocycles. The van der Waals surface area contributed by atoms with Crippen LogP contribution in [-0.4, -0.2) is 50.1 Å². The molecule has 1 atom stereocenters. The molecule has 1 aliphatic heterocycles. The van der Waals surface area contributed by atoms with Crippen molar-refractivity contribution in [1.29, 1.82) is 0 Å². The first-order valence-corrected chi connectivity index (χ1v) is 10.1. The van der Waals surface area contributed by atoms with Crippen LogP contribution in [0.15, 0.2) is 45.9 Å². The number of aliphatic imine (C=N–C) groups is 1. The van der Waals surface area contributed by atoms with Gasteiger partial charge in [0.1, 0.15) is 5.69 Å². The zero-order valence-corrected chi connectivity index (χ0v) is 16.5. The van der Waals surface area contributed by atoms with E-state index in [1.807, 2.05) is 43.3 Å². The molecule has 1 aliphatic rings. The Bertz CT molecular complexity index is 711. The van der Waals surface area contributed by atoms with Gasteiger partial charge in [-0.1, -0.05) is 35.5 Å². The first-order valence-electron chi connectivity index (χ1n) is 10.1. The van der Waals surface area contributed by atoms with Gasteiger partial charge in [-0.3, -0.25) is 0 Å². The molecule has 1 fully saturated rings. The molecule has 0 saturated carbocycles. The molecule has 0 aliphatic carbocycles. The molecular formula is C21H30N4O3. The van der Waals surface area contributed by atoms with Crippen molar-refractivity contribution in [2.45, 2.75) is 38.8 Å². The summed E-state index contributed by atoms with van der Waals surface area (Å²) in [7, 11) is 0. The number of nitrogens with zero attached hydrogens (tertiary/aromatic N) is 2. The summed E-state index contributed by atoms with van der Waals surface area (Å²) in [5, 5.41) is 10.7. The third kappa shape index (κ3) is 6.65. The Balaban J connectivity index is 1.39. The maximum absolute atomic E-state index is 5.69. The molecule has 0 bridgehead atoms. The minimum Gasteiger partial charge on any atom is -0.379 e. The van der Waals surface area contributed by atoms with Crippen molar-refractivity contribution in [3.63, 3.8) is 0 Å². The first kappa shape index (κ1) is 20.4. The van der Waals surface area contributed by atoms with Gasteiger partial charge in [-0.05, 0) is 26.2 Å². The van der Waals surface area contributed by atoms with E-state index in [1.54, 1.807) is 0 Å². The first-order chi connectivity index (χ1) is 13.8. The summed E-state index contributed by atoms with van der Waals surface area (Å²) in [5.41, 5.74) is 1.81. The topological polar surface area (TPSA) is 80.9 Å². The van der Waals surface area contributed by atoms with Gasteiger partial charge in [0.2, 0.25) is 0 Å². The summed E-state index contributed by atoms with van der Waals surface area (Å²) in [6.45, 7) is 6.39. The van der Waals surface area contributed by atoms with Gasteiger partial charge in [-0.15, -0.1) is 0 Å². The Labute approximate surface area is 166 Å². The van der Waals surface area contributed by atoms with Gasteiger partial charge >= 0.3 is 0 Å². The van der Waals surface area contributed by atoms with Crippen LogP contribution in [0.2, 0.25) is 0 Å². The van der Waals surface area contributed by atoms with Gasteiger partial charge in [-0.2, -0.15) is 0 Å². The molecule has 0 spiro atoms. The second kappa shape index (κ2) is 11.5. The molecule has 152 valence electrons. The highest BCUT2D eigenvalue weighted by Crippen LogP contribution is 2.19. The maximum atomic E-state index is 5.69. The summed E-state index contributed by atoms with van der Waals surface area (Å²) < 4.78 is 16.7. The molecule has 1 aromatic heterocycles. The van der Waals surface area contributed by atoms with Crippen LogP contribution in [0.3, 0.4) is 0 Å². The number of nitrogens with one attached hydrogen (secondary N) is 2. The lowest BCUT2D eigenvalue weighted by atomic mass is 10.2. The summed E-state index contributed by atoms with van der Waals surface area (Å²) >= 11 is 0. The van der Waals surface area contributed by atoms with Gasteiger partial charge < -0.3 is 24.6 Å². The lowest BCUT2D eigenvalue weighted by molar-refractivity contribution is 0.0168. The van der Waals surface area contributed by atoms with Crippen LogP contribution in [0.1, 0.15) is 31.9 Å². The van der Waals surface area contributed by atoms with E-state index >= 15 is 0 Å². The van der Waals surface area contributed by atoms with Crippen molar-refractivity contribution >= 4 is 5.96 Å². The Morgan fingerprint density at radius 2 is 2.18 bits per heavy atom. The van der Waals surface area contributed by atoms with Crippen LogP contribution in [0.5, 0.6) is 0 Å². The van der Waals surface area contributed by atoms with Gasteiger partial charge in [-0.25, -0.2) is 4.99 Å². The minimum atomic E-state index is 0.287. The van der Waals surface area contributed by atoms with Crippen molar-refractivity contribution in [3.05, 3.63) is 42.1 Å². The number of hydrogen-bond acceptors (Lipinski definition) is 5. The van der Waals surface area contributed by atoms with Gasteiger partial charge in [0.15, 0.2) is 11.7 Å². The summed E-state index contributed by atoms with van der Waals surface area (Å²) in [6, 6.07) is 11.9. The van der Waals surface area contributed by atoms with E-state index < -0.39 is 0 Å². The molecule has 1 saturated heterocycles. The fourth-order valence-corrected chi connectivity index (χ4v) is 3.00. The van der Waals surface area contributed by atoms with Crippen molar-refractivity contribution in [3.8, 4) is 11.3 Å². The summed E-state index contributed by atoms with van der Waals surface area (Å²) in [4.78, 5) is 4.58. The van der Waals surface area contributed by atoms with Crippen LogP contribution in [0.25, 0.3) is 11.3 Å². The highest BCUT2D eigenvalue weighted by molar-refractivity contribution is 5.79. The SMILES string of the molecule is CCNC(=NCc1cc(-c2ccccc2)on1)NCCCOCC1CCCO1. The maximum Gasteiger partial charge on any atom is 0.191 e. The van der Waals surface area contributed by atoms with Gasteiger partial charge in [0.05, 0.1) is 19.3 Å². The third-order valence-electron chi connectivity index (χ3n) is 4.45. The second-order valence-corrected chi connectivity index (χ2v) is 6.73. The number of guanidine groups is 1. The van der Waals surface area contributed by atoms with E-state index in [1.165, 1.54) is 0 Å². The van der Waals surface area contributed by atoms with Crippen molar-refractivity contribution in [2.75, 3.05) is 32.9 Å². The number of benzene rings is 1. The number of aromatic nitrogens is 1. The zero-order valence-electron chi connectivity index (χ0n) is 16.5. The van der Waals surface area contributed by atoms with Gasteiger partial charge in [0.25, 0.3) is 0 Å². The Hall–Kier alpha value is -2.38. The molecule has 1 unspecified atom stereocenters. The van der Waals surface area contributed by atoms with E-state index in [4.69, 9.17) is 14.0 Å². The Kier molecular flexibility index (Phi) is 8.33. The smallest absolute Gasteiger partial charge is 0.191 e. The van der Waals surface area contributed by atoms with E-state index in [-0.39, 0.29) is 6.10 Å². The third-order valence-corrected chi connectivity index (χ3v) is 4.45. The van der Waals surface area contributed by atoms with Crippen LogP contribution >= 0.6 is 0 Å². The van der Waals surface area contributed by atoms with E-state index in [2.05, 4.69) is 20.8 Å². The predicted molar refractivity (Wildman–Crippen MR) is 109 cm³/mol. The molecule has 7 heteroatoms. The Morgan fingerprint density at radius 3 is 2.96 bits per heavy atom. The largest absolute Gasteiger partial charge is 0.379 e. The molecule has 3 rings (SSSR count). The summed E-state index contributed by atoms with van der Waals surface area (Å²) in [6.07, 6.45) is 3.47. The fourth-order valence-electron chi connectivity index (χ4n) is 3.00. The average Bonchev–Trinajstić information content (AvgIpc) is 3.41. The molecule has 1 aromatic carbocycles. The molecule has 2 N–H and O–H groups in total.